The second kappa shape index (κ2) is 8.48. The number of benzene rings is 2. The van der Waals surface area contributed by atoms with Gasteiger partial charge in [0.2, 0.25) is 0 Å². The number of aromatic amines is 1. The van der Waals surface area contributed by atoms with Gasteiger partial charge in [-0.05, 0) is 18.6 Å². The van der Waals surface area contributed by atoms with E-state index in [0.29, 0.717) is 20.6 Å². The number of hydrogen-bond acceptors (Lipinski definition) is 6. The Kier molecular flexibility index (Phi) is 5.35. The molecule has 33 heavy (non-hydrogen) atoms. The lowest BCUT2D eigenvalue weighted by Crippen LogP contribution is -2.39. The van der Waals surface area contributed by atoms with Crippen LogP contribution in [0.5, 0.6) is 0 Å². The molecule has 2 aromatic heterocycles. The van der Waals surface area contributed by atoms with Crippen LogP contribution in [0.1, 0.15) is 24.1 Å². The predicted octanol–water partition coefficient (Wildman–Crippen LogP) is 2.80. The molecule has 164 valence electrons. The molecule has 1 aliphatic heterocycles. The van der Waals surface area contributed by atoms with Gasteiger partial charge in [0.25, 0.3) is 5.56 Å². The molecule has 0 spiro atoms. The molecule has 0 amide bonds. The standard InChI is InChI=1S/C25H20N4O3S/c1-15-20(24(31)32-2)22(17-11-7-4-8-12-17)29-23(30)19(33-25(29)27-15)13-18-14-26-28-21(18)16-9-5-3-6-10-16/h3-14,22H,1-2H3,(H,26,28)/t22-/m1/s1. The van der Waals surface area contributed by atoms with Gasteiger partial charge in [0.15, 0.2) is 4.80 Å². The number of thiazole rings is 1. The van der Waals surface area contributed by atoms with E-state index in [0.717, 1.165) is 22.4 Å². The summed E-state index contributed by atoms with van der Waals surface area (Å²) in [6.45, 7) is 1.77. The number of carbonyl (C=O) groups is 1. The van der Waals surface area contributed by atoms with Gasteiger partial charge >= 0.3 is 5.97 Å². The fraction of sp³-hybridized carbons (Fsp3) is 0.120. The zero-order valence-corrected chi connectivity index (χ0v) is 18.8. The Hall–Kier alpha value is -4.04. The van der Waals surface area contributed by atoms with Crippen LogP contribution in [0.25, 0.3) is 17.3 Å². The van der Waals surface area contributed by atoms with Gasteiger partial charge in [0, 0.05) is 11.1 Å². The average Bonchev–Trinajstić information content (AvgIpc) is 3.43. The van der Waals surface area contributed by atoms with E-state index < -0.39 is 12.0 Å². The number of esters is 1. The Balaban J connectivity index is 1.72. The van der Waals surface area contributed by atoms with Gasteiger partial charge in [-0.1, -0.05) is 72.0 Å². The molecule has 1 aliphatic rings. The highest BCUT2D eigenvalue weighted by atomic mass is 32.1. The Morgan fingerprint density at radius 1 is 1.12 bits per heavy atom. The first kappa shape index (κ1) is 20.8. The second-order valence-electron chi connectivity index (χ2n) is 7.55. The molecule has 5 rings (SSSR count). The normalized spacial score (nSPS) is 15.8. The first-order valence-corrected chi connectivity index (χ1v) is 11.1. The molecular formula is C25H20N4O3S. The molecule has 0 fully saturated rings. The molecule has 0 saturated carbocycles. The van der Waals surface area contributed by atoms with E-state index in [-0.39, 0.29) is 5.56 Å². The minimum absolute atomic E-state index is 0.221. The number of ether oxygens (including phenoxy) is 1. The van der Waals surface area contributed by atoms with E-state index in [4.69, 9.17) is 4.74 Å². The van der Waals surface area contributed by atoms with Crippen molar-refractivity contribution in [3.05, 3.63) is 109 Å². The van der Waals surface area contributed by atoms with Gasteiger partial charge in [0.05, 0.1) is 40.8 Å². The minimum atomic E-state index is -0.616. The summed E-state index contributed by atoms with van der Waals surface area (Å²) in [5, 5.41) is 7.19. The molecule has 7 nitrogen and oxygen atoms in total. The Morgan fingerprint density at radius 3 is 2.52 bits per heavy atom. The molecule has 0 bridgehead atoms. The Morgan fingerprint density at radius 2 is 1.82 bits per heavy atom. The number of fused-ring (bicyclic) bond motifs is 1. The first-order chi connectivity index (χ1) is 16.1. The molecular weight excluding hydrogens is 436 g/mol. The smallest absolute Gasteiger partial charge is 0.338 e. The topological polar surface area (TPSA) is 89.3 Å². The highest BCUT2D eigenvalue weighted by Crippen LogP contribution is 2.30. The van der Waals surface area contributed by atoms with Crippen molar-refractivity contribution < 1.29 is 9.53 Å². The summed E-state index contributed by atoms with van der Waals surface area (Å²) >= 11 is 1.29. The number of carbonyl (C=O) groups excluding carboxylic acids is 1. The maximum Gasteiger partial charge on any atom is 0.338 e. The molecule has 4 aromatic rings. The molecule has 1 atom stereocenters. The van der Waals surface area contributed by atoms with E-state index in [9.17, 15) is 9.59 Å². The lowest BCUT2D eigenvalue weighted by atomic mass is 9.96. The number of methoxy groups -OCH3 is 1. The van der Waals surface area contributed by atoms with Gasteiger partial charge in [-0.15, -0.1) is 0 Å². The third kappa shape index (κ3) is 3.64. The Bertz CT molecular complexity index is 1550. The fourth-order valence-corrected chi connectivity index (χ4v) is 5.06. The summed E-state index contributed by atoms with van der Waals surface area (Å²) in [4.78, 5) is 31.4. The molecule has 3 heterocycles. The molecule has 2 aromatic carbocycles. The summed E-state index contributed by atoms with van der Waals surface area (Å²) in [7, 11) is 1.33. The number of rotatable bonds is 4. The third-order valence-electron chi connectivity index (χ3n) is 5.56. The van der Waals surface area contributed by atoms with Gasteiger partial charge in [-0.2, -0.15) is 5.10 Å². The summed E-state index contributed by atoms with van der Waals surface area (Å²) < 4.78 is 7.12. The van der Waals surface area contributed by atoms with Crippen molar-refractivity contribution in [3.63, 3.8) is 0 Å². The zero-order valence-electron chi connectivity index (χ0n) is 18.0. The van der Waals surface area contributed by atoms with Crippen LogP contribution >= 0.6 is 11.3 Å². The van der Waals surface area contributed by atoms with E-state index in [1.165, 1.54) is 18.4 Å². The number of H-pyrrole nitrogens is 1. The lowest BCUT2D eigenvalue weighted by molar-refractivity contribution is -0.136. The van der Waals surface area contributed by atoms with Crippen molar-refractivity contribution in [3.8, 4) is 11.3 Å². The highest BCUT2D eigenvalue weighted by Gasteiger charge is 2.32. The molecule has 8 heteroatoms. The summed E-state index contributed by atoms with van der Waals surface area (Å²) in [6.07, 6.45) is 3.51. The quantitative estimate of drug-likeness (QED) is 0.478. The lowest BCUT2D eigenvalue weighted by Gasteiger charge is -2.24. The van der Waals surface area contributed by atoms with Crippen LogP contribution in [0.2, 0.25) is 0 Å². The molecule has 0 aliphatic carbocycles. The van der Waals surface area contributed by atoms with Gasteiger partial charge in [-0.3, -0.25) is 14.5 Å². The van der Waals surface area contributed by atoms with Crippen molar-refractivity contribution in [1.29, 1.82) is 0 Å². The third-order valence-corrected chi connectivity index (χ3v) is 6.54. The van der Waals surface area contributed by atoms with Gasteiger partial charge in [0.1, 0.15) is 0 Å². The number of hydrogen-bond donors (Lipinski definition) is 1. The summed E-state index contributed by atoms with van der Waals surface area (Å²) in [5.41, 5.74) is 4.08. The number of aromatic nitrogens is 3. The highest BCUT2D eigenvalue weighted by molar-refractivity contribution is 7.07. The van der Waals surface area contributed by atoms with E-state index in [2.05, 4.69) is 15.2 Å². The van der Waals surface area contributed by atoms with Crippen LogP contribution in [0.4, 0.5) is 0 Å². The molecule has 0 radical (unpaired) electrons. The maximum absolute atomic E-state index is 13.6. The van der Waals surface area contributed by atoms with Gasteiger partial charge < -0.3 is 4.74 Å². The summed E-state index contributed by atoms with van der Waals surface area (Å²) in [6, 6.07) is 18.6. The maximum atomic E-state index is 13.6. The summed E-state index contributed by atoms with van der Waals surface area (Å²) in [5.74, 6) is -0.499. The SMILES string of the molecule is COC(=O)C1=C(C)N=c2sc(=Cc3cn[nH]c3-c3ccccc3)c(=O)n2[C@@H]1c1ccccc1. The van der Waals surface area contributed by atoms with Crippen LogP contribution in [0.3, 0.4) is 0 Å². The van der Waals surface area contributed by atoms with Crippen LogP contribution in [-0.2, 0) is 9.53 Å². The van der Waals surface area contributed by atoms with Crippen LogP contribution < -0.4 is 14.9 Å². The average molecular weight is 457 g/mol. The minimum Gasteiger partial charge on any atom is -0.466 e. The molecule has 1 N–H and O–H groups in total. The van der Waals surface area contributed by atoms with Crippen LogP contribution in [-0.4, -0.2) is 27.8 Å². The first-order valence-electron chi connectivity index (χ1n) is 10.3. The van der Waals surface area contributed by atoms with E-state index in [1.807, 2.05) is 66.7 Å². The van der Waals surface area contributed by atoms with E-state index in [1.54, 1.807) is 17.7 Å². The van der Waals surface area contributed by atoms with Crippen molar-refractivity contribution in [1.82, 2.24) is 14.8 Å². The number of nitrogens with one attached hydrogen (secondary N) is 1. The van der Waals surface area contributed by atoms with Crippen LogP contribution in [0, 0.1) is 0 Å². The van der Waals surface area contributed by atoms with Crippen molar-refractivity contribution in [2.45, 2.75) is 13.0 Å². The fourth-order valence-electron chi connectivity index (χ4n) is 4.03. The molecule has 0 unspecified atom stereocenters. The molecule has 0 saturated heterocycles. The second-order valence-corrected chi connectivity index (χ2v) is 8.56. The van der Waals surface area contributed by atoms with Gasteiger partial charge in [-0.25, -0.2) is 9.79 Å². The number of nitrogens with zero attached hydrogens (tertiary/aromatic N) is 3. The monoisotopic (exact) mass is 456 g/mol. The van der Waals surface area contributed by atoms with Crippen LogP contribution in [0.15, 0.2) is 87.9 Å². The van der Waals surface area contributed by atoms with Crippen molar-refractivity contribution in [2.75, 3.05) is 7.11 Å². The van der Waals surface area contributed by atoms with Crippen molar-refractivity contribution >= 4 is 23.4 Å². The Labute approximate surface area is 193 Å². The zero-order chi connectivity index (χ0) is 22.9. The number of allylic oxidation sites excluding steroid dienone is 1. The van der Waals surface area contributed by atoms with Crippen molar-refractivity contribution in [2.24, 2.45) is 4.99 Å². The predicted molar refractivity (Wildman–Crippen MR) is 126 cm³/mol. The van der Waals surface area contributed by atoms with E-state index >= 15 is 0 Å². The largest absolute Gasteiger partial charge is 0.466 e.